The Morgan fingerprint density at radius 2 is 1.86 bits per heavy atom. The van der Waals surface area contributed by atoms with E-state index in [-0.39, 0.29) is 11.3 Å². The Bertz CT molecular complexity index is 1050. The summed E-state index contributed by atoms with van der Waals surface area (Å²) in [4.78, 5) is 23.5. The number of hydrogen-bond acceptors (Lipinski definition) is 5. The van der Waals surface area contributed by atoms with E-state index in [1.165, 1.54) is 6.07 Å². The zero-order valence-corrected chi connectivity index (χ0v) is 16.1. The minimum atomic E-state index is -0.506. The van der Waals surface area contributed by atoms with Gasteiger partial charge in [-0.3, -0.25) is 14.9 Å². The van der Waals surface area contributed by atoms with Crippen molar-refractivity contribution in [2.45, 2.75) is 13.5 Å². The molecule has 1 amide bonds. The van der Waals surface area contributed by atoms with E-state index in [1.807, 2.05) is 49.4 Å². The number of nitro groups is 1. The van der Waals surface area contributed by atoms with E-state index in [0.717, 1.165) is 11.1 Å². The molecule has 3 rings (SSSR count). The van der Waals surface area contributed by atoms with E-state index < -0.39 is 10.8 Å². The van der Waals surface area contributed by atoms with Gasteiger partial charge < -0.3 is 15.4 Å². The number of nitro benzene ring substituents is 1. The average molecular weight is 391 g/mol. The van der Waals surface area contributed by atoms with Gasteiger partial charge in [-0.05, 0) is 42.8 Å². The highest BCUT2D eigenvalue weighted by Crippen LogP contribution is 2.28. The van der Waals surface area contributed by atoms with Crippen LogP contribution in [0.5, 0.6) is 5.75 Å². The fourth-order valence-corrected chi connectivity index (χ4v) is 2.94. The summed E-state index contributed by atoms with van der Waals surface area (Å²) in [5.41, 5.74) is 2.87. The van der Waals surface area contributed by atoms with Crippen LogP contribution in [0.3, 0.4) is 0 Å². The Hall–Kier alpha value is -3.87. The summed E-state index contributed by atoms with van der Waals surface area (Å²) < 4.78 is 5.30. The quantitative estimate of drug-likeness (QED) is 0.447. The predicted octanol–water partition coefficient (Wildman–Crippen LogP) is 4.78. The number of methoxy groups -OCH3 is 1. The van der Waals surface area contributed by atoms with Crippen LogP contribution in [-0.2, 0) is 6.54 Å². The summed E-state index contributed by atoms with van der Waals surface area (Å²) in [7, 11) is 1.57. The maximum Gasteiger partial charge on any atom is 0.293 e. The number of benzene rings is 3. The Morgan fingerprint density at radius 1 is 1.07 bits per heavy atom. The second kappa shape index (κ2) is 8.88. The number of hydrogen-bond donors (Lipinski definition) is 2. The molecule has 2 N–H and O–H groups in total. The molecule has 3 aromatic carbocycles. The van der Waals surface area contributed by atoms with E-state index in [2.05, 4.69) is 10.6 Å². The lowest BCUT2D eigenvalue weighted by atomic mass is 10.1. The largest absolute Gasteiger partial charge is 0.496 e. The van der Waals surface area contributed by atoms with Crippen LogP contribution in [0.2, 0.25) is 0 Å². The second-order valence-electron chi connectivity index (χ2n) is 6.48. The number of rotatable bonds is 7. The van der Waals surface area contributed by atoms with Crippen LogP contribution in [0.25, 0.3) is 0 Å². The van der Waals surface area contributed by atoms with Gasteiger partial charge in [0.25, 0.3) is 11.6 Å². The molecule has 0 atom stereocenters. The SMILES string of the molecule is COc1ccccc1CNc1ccc(C(=O)Nc2cccc(C)c2)cc1[N+](=O)[O-]. The molecule has 0 bridgehead atoms. The zero-order chi connectivity index (χ0) is 20.8. The van der Waals surface area contributed by atoms with Crippen LogP contribution >= 0.6 is 0 Å². The van der Waals surface area contributed by atoms with Gasteiger partial charge in [0.05, 0.1) is 12.0 Å². The number of anilines is 2. The van der Waals surface area contributed by atoms with E-state index in [9.17, 15) is 14.9 Å². The third-order valence-electron chi connectivity index (χ3n) is 4.39. The minimum absolute atomic E-state index is 0.170. The van der Waals surface area contributed by atoms with Crippen molar-refractivity contribution in [2.24, 2.45) is 0 Å². The molecule has 0 radical (unpaired) electrons. The van der Waals surface area contributed by atoms with Gasteiger partial charge in [-0.15, -0.1) is 0 Å². The van der Waals surface area contributed by atoms with Crippen LogP contribution < -0.4 is 15.4 Å². The molecule has 0 fully saturated rings. The summed E-state index contributed by atoms with van der Waals surface area (Å²) in [5.74, 6) is 0.284. The first-order chi connectivity index (χ1) is 14.0. The van der Waals surface area contributed by atoms with Crippen molar-refractivity contribution in [2.75, 3.05) is 17.7 Å². The summed E-state index contributed by atoms with van der Waals surface area (Å²) in [6.45, 7) is 2.27. The lowest BCUT2D eigenvalue weighted by Gasteiger charge is -2.12. The van der Waals surface area contributed by atoms with Crippen LogP contribution in [0.15, 0.2) is 66.7 Å². The minimum Gasteiger partial charge on any atom is -0.496 e. The fourth-order valence-electron chi connectivity index (χ4n) is 2.94. The first-order valence-electron chi connectivity index (χ1n) is 9.00. The molecule has 29 heavy (non-hydrogen) atoms. The Morgan fingerprint density at radius 3 is 2.59 bits per heavy atom. The first-order valence-corrected chi connectivity index (χ1v) is 9.00. The number of amides is 1. The molecular formula is C22H21N3O4. The molecule has 0 saturated carbocycles. The van der Waals surface area contributed by atoms with Crippen LogP contribution in [-0.4, -0.2) is 17.9 Å². The molecule has 0 aliphatic rings. The molecule has 0 unspecified atom stereocenters. The molecule has 148 valence electrons. The predicted molar refractivity (Wildman–Crippen MR) is 113 cm³/mol. The molecule has 0 heterocycles. The van der Waals surface area contributed by atoms with Crippen LogP contribution in [0, 0.1) is 17.0 Å². The molecule has 0 spiro atoms. The molecule has 0 saturated heterocycles. The van der Waals surface area contributed by atoms with Gasteiger partial charge in [-0.25, -0.2) is 0 Å². The van der Waals surface area contributed by atoms with Crippen LogP contribution in [0.4, 0.5) is 17.1 Å². The Labute approximate surface area is 168 Å². The number of nitrogens with one attached hydrogen (secondary N) is 2. The summed E-state index contributed by atoms with van der Waals surface area (Å²) in [6.07, 6.45) is 0. The second-order valence-corrected chi connectivity index (χ2v) is 6.48. The first kappa shape index (κ1) is 19.9. The number of ether oxygens (including phenoxy) is 1. The van der Waals surface area contributed by atoms with E-state index in [4.69, 9.17) is 4.74 Å². The molecule has 0 aliphatic heterocycles. The normalized spacial score (nSPS) is 10.3. The molecule has 7 heteroatoms. The molecule has 0 aliphatic carbocycles. The smallest absolute Gasteiger partial charge is 0.293 e. The number of carbonyl (C=O) groups is 1. The molecule has 0 aromatic heterocycles. The van der Waals surface area contributed by atoms with E-state index in [0.29, 0.717) is 23.7 Å². The zero-order valence-electron chi connectivity index (χ0n) is 16.1. The van der Waals surface area contributed by atoms with Gasteiger partial charge >= 0.3 is 0 Å². The number of carbonyl (C=O) groups excluding carboxylic acids is 1. The van der Waals surface area contributed by atoms with Crippen LogP contribution in [0.1, 0.15) is 21.5 Å². The fraction of sp³-hybridized carbons (Fsp3) is 0.136. The van der Waals surface area contributed by atoms with Gasteiger partial charge in [0.15, 0.2) is 0 Å². The maximum absolute atomic E-state index is 12.5. The standard InChI is InChI=1S/C22H21N3O4/c1-15-6-5-8-18(12-15)24-22(26)16-10-11-19(20(13-16)25(27)28)23-14-17-7-3-4-9-21(17)29-2/h3-13,23H,14H2,1-2H3,(H,24,26). The molecular weight excluding hydrogens is 370 g/mol. The third-order valence-corrected chi connectivity index (χ3v) is 4.39. The Balaban J connectivity index is 1.79. The van der Waals surface area contributed by atoms with Gasteiger partial charge in [-0.2, -0.15) is 0 Å². The number of para-hydroxylation sites is 1. The monoisotopic (exact) mass is 391 g/mol. The van der Waals surface area contributed by atoms with E-state index >= 15 is 0 Å². The summed E-state index contributed by atoms with van der Waals surface area (Å²) >= 11 is 0. The average Bonchev–Trinajstić information content (AvgIpc) is 2.72. The van der Waals surface area contributed by atoms with Crippen molar-refractivity contribution in [3.63, 3.8) is 0 Å². The van der Waals surface area contributed by atoms with Gasteiger partial charge in [0.2, 0.25) is 0 Å². The molecule has 3 aromatic rings. The lowest BCUT2D eigenvalue weighted by molar-refractivity contribution is -0.384. The lowest BCUT2D eigenvalue weighted by Crippen LogP contribution is -2.13. The van der Waals surface area contributed by atoms with Crippen molar-refractivity contribution in [3.05, 3.63) is 93.5 Å². The van der Waals surface area contributed by atoms with Gasteiger partial charge in [0, 0.05) is 29.4 Å². The van der Waals surface area contributed by atoms with Gasteiger partial charge in [-0.1, -0.05) is 30.3 Å². The van der Waals surface area contributed by atoms with Crippen molar-refractivity contribution in [1.29, 1.82) is 0 Å². The highest BCUT2D eigenvalue weighted by molar-refractivity contribution is 6.05. The van der Waals surface area contributed by atoms with Crippen molar-refractivity contribution in [3.8, 4) is 5.75 Å². The highest BCUT2D eigenvalue weighted by atomic mass is 16.6. The maximum atomic E-state index is 12.5. The van der Waals surface area contributed by atoms with Crippen molar-refractivity contribution in [1.82, 2.24) is 0 Å². The highest BCUT2D eigenvalue weighted by Gasteiger charge is 2.18. The number of nitrogens with zero attached hydrogens (tertiary/aromatic N) is 1. The topological polar surface area (TPSA) is 93.5 Å². The summed E-state index contributed by atoms with van der Waals surface area (Å²) in [6, 6.07) is 19.1. The Kier molecular flexibility index (Phi) is 6.09. The molecule has 7 nitrogen and oxygen atoms in total. The van der Waals surface area contributed by atoms with Crippen molar-refractivity contribution >= 4 is 23.0 Å². The van der Waals surface area contributed by atoms with Crippen molar-refractivity contribution < 1.29 is 14.5 Å². The third kappa shape index (κ3) is 4.90. The van der Waals surface area contributed by atoms with E-state index in [1.54, 1.807) is 25.3 Å². The van der Waals surface area contributed by atoms with Gasteiger partial charge in [0.1, 0.15) is 11.4 Å². The number of aryl methyl sites for hydroxylation is 1. The summed E-state index contributed by atoms with van der Waals surface area (Å²) in [5, 5.41) is 17.4.